The number of nitrogens with zero attached hydrogens (tertiary/aromatic N) is 1. The number of carbonyl (C=O) groups excluding carboxylic acids is 1. The summed E-state index contributed by atoms with van der Waals surface area (Å²) in [6.07, 6.45) is 2.34. The summed E-state index contributed by atoms with van der Waals surface area (Å²) in [5, 5.41) is 0.953. The van der Waals surface area contributed by atoms with Crippen LogP contribution >= 0.6 is 11.3 Å². The van der Waals surface area contributed by atoms with Gasteiger partial charge in [-0.2, -0.15) is 0 Å². The first-order valence-corrected chi connectivity index (χ1v) is 12.2. The minimum Gasteiger partial charge on any atom is -0.465 e. The molecule has 0 atom stereocenters. The van der Waals surface area contributed by atoms with Crippen LogP contribution in [0.25, 0.3) is 0 Å². The van der Waals surface area contributed by atoms with Crippen molar-refractivity contribution < 1.29 is 18.8 Å². The summed E-state index contributed by atoms with van der Waals surface area (Å²) in [4.78, 5) is 17.8. The number of carbonyl (C=O) groups is 1. The van der Waals surface area contributed by atoms with Gasteiger partial charge in [-0.15, -0.1) is 11.3 Å². The van der Waals surface area contributed by atoms with E-state index in [2.05, 4.69) is 73.6 Å². The molecule has 3 rings (SSSR count). The molecule has 0 N–H and O–H groups in total. The predicted octanol–water partition coefficient (Wildman–Crippen LogP) is 4.87. The number of ether oxygens (including phenoxy) is 1. The van der Waals surface area contributed by atoms with Gasteiger partial charge in [-0.1, -0.05) is 45.9 Å². The number of benzene rings is 1. The number of aromatic nitrogens is 1. The van der Waals surface area contributed by atoms with Crippen LogP contribution in [0.1, 0.15) is 86.9 Å². The normalized spacial score (nSPS) is 17.6. The second-order valence-corrected chi connectivity index (χ2v) is 11.5. The van der Waals surface area contributed by atoms with E-state index in [1.54, 1.807) is 0 Å². The van der Waals surface area contributed by atoms with E-state index < -0.39 is 0 Å². The quantitative estimate of drug-likeness (QED) is 0.458. The van der Waals surface area contributed by atoms with Gasteiger partial charge in [-0.25, -0.2) is 9.78 Å². The largest absolute Gasteiger partial charge is 0.495 e. The van der Waals surface area contributed by atoms with E-state index in [1.165, 1.54) is 29.6 Å². The molecule has 0 unspecified atom stereocenters. The van der Waals surface area contributed by atoms with Gasteiger partial charge in [0.1, 0.15) is 4.88 Å². The molecule has 0 spiro atoms. The lowest BCUT2D eigenvalue weighted by Gasteiger charge is -2.32. The molecule has 7 heteroatoms. The van der Waals surface area contributed by atoms with Crippen molar-refractivity contribution in [2.45, 2.75) is 91.3 Å². The van der Waals surface area contributed by atoms with Crippen LogP contribution < -0.4 is 5.46 Å². The van der Waals surface area contributed by atoms with E-state index in [0.29, 0.717) is 11.3 Å². The zero-order valence-electron chi connectivity index (χ0n) is 20.9. The molecule has 1 aromatic carbocycles. The smallest absolute Gasteiger partial charge is 0.465 e. The van der Waals surface area contributed by atoms with Crippen molar-refractivity contribution in [3.8, 4) is 0 Å². The topological polar surface area (TPSA) is 57.7 Å². The maximum Gasteiger partial charge on any atom is 0.495 e. The number of aryl methyl sites for hydroxylation is 2. The fourth-order valence-corrected chi connectivity index (χ4v) is 4.95. The lowest BCUT2D eigenvalue weighted by molar-refractivity contribution is 0.00578. The van der Waals surface area contributed by atoms with Crippen LogP contribution in [0.5, 0.6) is 0 Å². The second-order valence-electron chi connectivity index (χ2n) is 10.5. The Morgan fingerprint density at radius 2 is 1.75 bits per heavy atom. The van der Waals surface area contributed by atoms with Crippen molar-refractivity contribution in [3.05, 3.63) is 44.9 Å². The van der Waals surface area contributed by atoms with Gasteiger partial charge in [0.05, 0.1) is 29.0 Å². The van der Waals surface area contributed by atoms with Gasteiger partial charge in [0.2, 0.25) is 0 Å². The van der Waals surface area contributed by atoms with Crippen molar-refractivity contribution in [3.63, 3.8) is 0 Å². The van der Waals surface area contributed by atoms with E-state index in [9.17, 15) is 4.79 Å². The van der Waals surface area contributed by atoms with Gasteiger partial charge in [-0.05, 0) is 63.5 Å². The molecule has 1 aliphatic rings. The molecule has 1 fully saturated rings. The van der Waals surface area contributed by atoms with E-state index in [-0.39, 0.29) is 29.7 Å². The fourth-order valence-electron chi connectivity index (χ4n) is 3.86. The van der Waals surface area contributed by atoms with Crippen LogP contribution in [0.3, 0.4) is 0 Å². The van der Waals surface area contributed by atoms with Crippen LogP contribution in [0.4, 0.5) is 0 Å². The Bertz CT molecular complexity index is 974. The van der Waals surface area contributed by atoms with Crippen molar-refractivity contribution in [1.82, 2.24) is 4.98 Å². The second kappa shape index (κ2) is 8.92. The molecule has 1 saturated heterocycles. The standard InChI is InChI=1S/C25H36BNO4S/c1-10-17-16(12-11-13-18(17)26-30-24(5,6)25(7,8)31-26)14-15-19-20(21(28)29-9)32-22(27-19)23(2,3)4/h11-13H,10,14-15H2,1-9H3. The molecule has 0 saturated carbocycles. The molecular formula is C25H36BNO4S. The molecule has 0 radical (unpaired) electrons. The number of hydrogen-bond donors (Lipinski definition) is 0. The highest BCUT2D eigenvalue weighted by Crippen LogP contribution is 2.37. The lowest BCUT2D eigenvalue weighted by atomic mass is 9.73. The number of thiazole rings is 1. The monoisotopic (exact) mass is 457 g/mol. The molecule has 2 aromatic rings. The fraction of sp³-hybridized carbons (Fsp3) is 0.600. The highest BCUT2D eigenvalue weighted by atomic mass is 32.1. The SMILES string of the molecule is CCc1c(CCc2nc(C(C)(C)C)sc2C(=O)OC)cccc1B1OC(C)(C)C(C)(C)O1. The predicted molar refractivity (Wildman–Crippen MR) is 131 cm³/mol. The van der Waals surface area contributed by atoms with Gasteiger partial charge in [0.25, 0.3) is 0 Å². The Morgan fingerprint density at radius 3 is 2.28 bits per heavy atom. The van der Waals surface area contributed by atoms with Crippen LogP contribution in [-0.4, -0.2) is 36.4 Å². The zero-order valence-corrected chi connectivity index (χ0v) is 21.7. The van der Waals surface area contributed by atoms with Gasteiger partial charge >= 0.3 is 13.1 Å². The molecular weight excluding hydrogens is 421 g/mol. The summed E-state index contributed by atoms with van der Waals surface area (Å²) < 4.78 is 17.7. The third-order valence-corrected chi connectivity index (χ3v) is 8.01. The number of rotatable bonds is 6. The Morgan fingerprint density at radius 1 is 1.12 bits per heavy atom. The molecule has 0 amide bonds. The molecule has 0 aliphatic carbocycles. The summed E-state index contributed by atoms with van der Waals surface area (Å²) >= 11 is 1.44. The van der Waals surface area contributed by atoms with Gasteiger partial charge in [0.15, 0.2) is 0 Å². The Kier molecular flexibility index (Phi) is 6.95. The van der Waals surface area contributed by atoms with Gasteiger partial charge < -0.3 is 14.0 Å². The van der Waals surface area contributed by atoms with Gasteiger partial charge in [-0.3, -0.25) is 0 Å². The van der Waals surface area contributed by atoms with Crippen LogP contribution in [-0.2, 0) is 38.7 Å². The van der Waals surface area contributed by atoms with Crippen LogP contribution in [0, 0.1) is 0 Å². The minimum absolute atomic E-state index is 0.114. The number of hydrogen-bond acceptors (Lipinski definition) is 6. The van der Waals surface area contributed by atoms with Crippen molar-refractivity contribution in [2.75, 3.05) is 7.11 Å². The van der Waals surface area contributed by atoms with Crippen molar-refractivity contribution >= 4 is 29.9 Å². The van der Waals surface area contributed by atoms with Crippen molar-refractivity contribution in [1.29, 1.82) is 0 Å². The summed E-state index contributed by atoms with van der Waals surface area (Å²) in [5.74, 6) is -0.310. The van der Waals surface area contributed by atoms with E-state index in [1.807, 2.05) is 0 Å². The first-order valence-electron chi connectivity index (χ1n) is 11.4. The molecule has 0 bridgehead atoms. The first-order chi connectivity index (χ1) is 14.8. The molecule has 5 nitrogen and oxygen atoms in total. The number of methoxy groups -OCH3 is 1. The number of esters is 1. The Labute approximate surface area is 197 Å². The Balaban J connectivity index is 1.89. The third-order valence-electron chi connectivity index (χ3n) is 6.51. The van der Waals surface area contributed by atoms with Gasteiger partial charge in [0, 0.05) is 5.41 Å². The average Bonchev–Trinajstić information content (AvgIpc) is 3.23. The van der Waals surface area contributed by atoms with E-state index in [4.69, 9.17) is 19.0 Å². The Hall–Kier alpha value is -1.70. The lowest BCUT2D eigenvalue weighted by Crippen LogP contribution is -2.41. The summed E-state index contributed by atoms with van der Waals surface area (Å²) in [5.41, 5.74) is 3.52. The third kappa shape index (κ3) is 4.80. The molecule has 1 aliphatic heterocycles. The van der Waals surface area contributed by atoms with Crippen molar-refractivity contribution in [2.24, 2.45) is 0 Å². The van der Waals surface area contributed by atoms with Crippen LogP contribution in [0.2, 0.25) is 0 Å². The minimum atomic E-state index is -0.382. The average molecular weight is 457 g/mol. The van der Waals surface area contributed by atoms with E-state index in [0.717, 1.165) is 29.0 Å². The van der Waals surface area contributed by atoms with E-state index >= 15 is 0 Å². The summed E-state index contributed by atoms with van der Waals surface area (Å²) in [6.45, 7) is 16.8. The maximum atomic E-state index is 12.4. The molecule has 2 heterocycles. The highest BCUT2D eigenvalue weighted by Gasteiger charge is 2.52. The molecule has 32 heavy (non-hydrogen) atoms. The molecule has 1 aromatic heterocycles. The summed E-state index contributed by atoms with van der Waals surface area (Å²) in [7, 11) is 1.04. The first kappa shape index (κ1) is 24.9. The highest BCUT2D eigenvalue weighted by molar-refractivity contribution is 7.13. The molecule has 174 valence electrons. The zero-order chi connectivity index (χ0) is 23.9. The maximum absolute atomic E-state index is 12.4. The van der Waals surface area contributed by atoms with Crippen LogP contribution in [0.15, 0.2) is 18.2 Å². The summed E-state index contributed by atoms with van der Waals surface area (Å²) in [6, 6.07) is 6.32.